The Morgan fingerprint density at radius 2 is 1.36 bits per heavy atom. The summed E-state index contributed by atoms with van der Waals surface area (Å²) in [6.07, 6.45) is 0.101. The maximum Gasteiger partial charge on any atom is 0.336 e. The summed E-state index contributed by atoms with van der Waals surface area (Å²) in [7, 11) is 0.427. The lowest BCUT2D eigenvalue weighted by molar-refractivity contribution is -0.142. The molecular weight excluding hydrogens is 707 g/mol. The molecule has 0 heterocycles. The molecule has 0 bridgehead atoms. The molecule has 53 heavy (non-hydrogen) atoms. The van der Waals surface area contributed by atoms with Crippen molar-refractivity contribution in [2.75, 3.05) is 33.1 Å². The quantitative estimate of drug-likeness (QED) is 0.0552. The van der Waals surface area contributed by atoms with Gasteiger partial charge in [-0.3, -0.25) is 14.9 Å². The zero-order chi connectivity index (χ0) is 38.6. The van der Waals surface area contributed by atoms with E-state index in [-0.39, 0.29) is 47.5 Å². The van der Waals surface area contributed by atoms with Crippen LogP contribution < -0.4 is 14.5 Å². The summed E-state index contributed by atoms with van der Waals surface area (Å²) >= 11 is 1.35. The summed E-state index contributed by atoms with van der Waals surface area (Å²) in [5, 5.41) is 13.1. The summed E-state index contributed by atoms with van der Waals surface area (Å²) in [5.74, 6) is -0.464. The number of benzene rings is 4. The Labute approximate surface area is 318 Å². The van der Waals surface area contributed by atoms with Gasteiger partial charge < -0.3 is 23.7 Å². The maximum absolute atomic E-state index is 13.3. The van der Waals surface area contributed by atoms with Crippen molar-refractivity contribution in [1.29, 1.82) is 0 Å². The van der Waals surface area contributed by atoms with E-state index in [1.807, 2.05) is 91.0 Å². The highest BCUT2D eigenvalue weighted by molar-refractivity contribution is 7.98. The summed E-state index contributed by atoms with van der Waals surface area (Å²) < 4.78 is 23.8. The lowest BCUT2D eigenvalue weighted by atomic mass is 9.80. The van der Waals surface area contributed by atoms with Crippen LogP contribution in [-0.4, -0.2) is 70.3 Å². The van der Waals surface area contributed by atoms with Crippen LogP contribution in [0.25, 0.3) is 0 Å². The van der Waals surface area contributed by atoms with Gasteiger partial charge in [0.05, 0.1) is 32.9 Å². The van der Waals surface area contributed by atoms with Crippen molar-refractivity contribution < 1.29 is 38.1 Å². The average Bonchev–Trinajstić information content (AvgIpc) is 3.15. The Hall–Kier alpha value is -4.42. The van der Waals surface area contributed by atoms with Crippen LogP contribution in [0.4, 0.5) is 0 Å². The highest BCUT2D eigenvalue weighted by atomic mass is 32.2. The second-order valence-corrected chi connectivity index (χ2v) is 20.0. The van der Waals surface area contributed by atoms with Crippen LogP contribution in [0.5, 0.6) is 11.5 Å². The maximum atomic E-state index is 13.3. The number of carbonyl (C=O) groups excluding carboxylic acids is 2. The fourth-order valence-corrected chi connectivity index (χ4v) is 7.79. The number of hydrogen-bond acceptors (Lipinski definition) is 9. The first-order chi connectivity index (χ1) is 25.2. The van der Waals surface area contributed by atoms with E-state index in [1.165, 1.54) is 32.0 Å². The molecule has 0 aromatic heterocycles. The van der Waals surface area contributed by atoms with Crippen LogP contribution in [-0.2, 0) is 30.4 Å². The number of aromatic carboxylic acids is 1. The van der Waals surface area contributed by atoms with Crippen LogP contribution in [0.2, 0.25) is 18.1 Å². The topological polar surface area (TPSA) is 120 Å². The van der Waals surface area contributed by atoms with Crippen LogP contribution in [0, 0.1) is 0 Å². The highest BCUT2D eigenvalue weighted by Crippen LogP contribution is 2.42. The van der Waals surface area contributed by atoms with Crippen LogP contribution in [0.1, 0.15) is 59.8 Å². The third-order valence-corrected chi connectivity index (χ3v) is 15.0. The number of carboxylic acids is 1. The van der Waals surface area contributed by atoms with Gasteiger partial charge >= 0.3 is 11.9 Å². The van der Waals surface area contributed by atoms with Crippen LogP contribution in [0.15, 0.2) is 103 Å². The lowest BCUT2D eigenvalue weighted by Crippen LogP contribution is -2.44. The normalized spacial score (nSPS) is 12.5. The van der Waals surface area contributed by atoms with Gasteiger partial charge in [0.25, 0.3) is 0 Å². The number of carbonyl (C=O) groups is 3. The van der Waals surface area contributed by atoms with Crippen molar-refractivity contribution in [2.24, 2.45) is 0 Å². The molecule has 0 spiro atoms. The number of hydrogen-bond donors (Lipinski definition) is 2. The zero-order valence-electron chi connectivity index (χ0n) is 31.6. The zero-order valence-corrected chi connectivity index (χ0v) is 33.5. The van der Waals surface area contributed by atoms with E-state index in [1.54, 1.807) is 6.07 Å². The van der Waals surface area contributed by atoms with Crippen molar-refractivity contribution >= 4 is 37.8 Å². The number of methoxy groups -OCH3 is 2. The SMILES string of the molecule is COC(=O)C(CSCc1c(O[Si](C)(C)C(C)(C)C)cc(OC)cc1C(=O)O)NCC(=O)CCOC(c1ccccc1)(c1ccccc1)c1ccccc1. The highest BCUT2D eigenvalue weighted by Gasteiger charge is 2.40. The molecule has 4 aromatic carbocycles. The number of carboxylic acid groups (broad SMARTS) is 1. The predicted octanol–water partition coefficient (Wildman–Crippen LogP) is 8.11. The Kier molecular flexibility index (Phi) is 14.5. The third-order valence-electron chi connectivity index (χ3n) is 9.62. The van der Waals surface area contributed by atoms with Crippen molar-refractivity contribution in [3.05, 3.63) is 131 Å². The molecule has 0 radical (unpaired) electrons. The number of nitrogens with one attached hydrogen (secondary N) is 1. The number of rotatable bonds is 19. The largest absolute Gasteiger partial charge is 0.543 e. The van der Waals surface area contributed by atoms with E-state index in [2.05, 4.69) is 39.2 Å². The van der Waals surface area contributed by atoms with E-state index >= 15 is 0 Å². The molecule has 11 heteroatoms. The van der Waals surface area contributed by atoms with Gasteiger partial charge in [0.15, 0.2) is 0 Å². The van der Waals surface area contributed by atoms with E-state index in [0.29, 0.717) is 17.1 Å². The Balaban J connectivity index is 1.46. The molecule has 2 N–H and O–H groups in total. The molecule has 4 aromatic rings. The molecule has 0 saturated heterocycles. The fourth-order valence-electron chi connectivity index (χ4n) is 5.64. The lowest BCUT2D eigenvalue weighted by Gasteiger charge is -2.37. The molecule has 0 aliphatic rings. The summed E-state index contributed by atoms with van der Waals surface area (Å²) in [5.41, 5.74) is 2.43. The molecule has 4 rings (SSSR count). The Morgan fingerprint density at radius 1 is 0.830 bits per heavy atom. The number of thioether (sulfide) groups is 1. The second-order valence-electron chi connectivity index (χ2n) is 14.2. The van der Waals surface area contributed by atoms with E-state index in [0.717, 1.165) is 16.7 Å². The monoisotopic (exact) mass is 757 g/mol. The van der Waals surface area contributed by atoms with Crippen molar-refractivity contribution in [2.45, 2.75) is 62.7 Å². The van der Waals surface area contributed by atoms with Gasteiger partial charge in [-0.05, 0) is 40.9 Å². The average molecular weight is 758 g/mol. The van der Waals surface area contributed by atoms with E-state index in [4.69, 9.17) is 18.6 Å². The molecular formula is C42H51NO8SSi. The van der Waals surface area contributed by atoms with Gasteiger partial charge in [0, 0.05) is 29.6 Å². The number of ether oxygens (including phenoxy) is 3. The first-order valence-electron chi connectivity index (χ1n) is 17.6. The number of ketones is 1. The first kappa shape index (κ1) is 41.3. The van der Waals surface area contributed by atoms with E-state index < -0.39 is 31.9 Å². The minimum absolute atomic E-state index is 0.0703. The standard InChI is InChI=1S/C42H51NO8SSi/c1-41(2,3)53(6,7)51-38-26-34(48-4)25-35(39(45)46)36(38)28-52-29-37(40(47)49-5)43-27-33(44)23-24-50-42(30-17-11-8-12-18-30,31-19-13-9-14-20-31)32-21-15-10-16-22-32/h8-22,25-26,37,43H,23-24,27-29H2,1-7H3,(H,45,46). The van der Waals surface area contributed by atoms with Gasteiger partial charge in [-0.15, -0.1) is 0 Å². The van der Waals surface area contributed by atoms with Crippen molar-refractivity contribution in [1.82, 2.24) is 5.32 Å². The Bertz CT molecular complexity index is 1720. The van der Waals surface area contributed by atoms with Gasteiger partial charge in [0.2, 0.25) is 8.32 Å². The molecule has 0 aliphatic carbocycles. The smallest absolute Gasteiger partial charge is 0.336 e. The Morgan fingerprint density at radius 3 is 1.81 bits per heavy atom. The minimum atomic E-state index is -2.35. The van der Waals surface area contributed by atoms with Crippen LogP contribution in [0.3, 0.4) is 0 Å². The predicted molar refractivity (Wildman–Crippen MR) is 213 cm³/mol. The second kappa shape index (κ2) is 18.6. The molecule has 1 unspecified atom stereocenters. The molecule has 0 fully saturated rings. The molecule has 0 aliphatic heterocycles. The molecule has 282 valence electrons. The summed E-state index contributed by atoms with van der Waals surface area (Å²) in [4.78, 5) is 38.5. The minimum Gasteiger partial charge on any atom is -0.543 e. The first-order valence-corrected chi connectivity index (χ1v) is 21.6. The van der Waals surface area contributed by atoms with Gasteiger partial charge in [-0.2, -0.15) is 11.8 Å². The molecule has 9 nitrogen and oxygen atoms in total. The van der Waals surface area contributed by atoms with Crippen molar-refractivity contribution in [3.63, 3.8) is 0 Å². The van der Waals surface area contributed by atoms with Crippen molar-refractivity contribution in [3.8, 4) is 11.5 Å². The molecule has 0 saturated carbocycles. The summed E-state index contributed by atoms with van der Waals surface area (Å²) in [6.45, 7) is 10.6. The van der Waals surface area contributed by atoms with Gasteiger partial charge in [-0.1, -0.05) is 112 Å². The third kappa shape index (κ3) is 10.4. The summed E-state index contributed by atoms with van der Waals surface area (Å²) in [6, 6.07) is 32.2. The number of esters is 1. The van der Waals surface area contributed by atoms with E-state index in [9.17, 15) is 19.5 Å². The van der Waals surface area contributed by atoms with Crippen LogP contribution >= 0.6 is 11.8 Å². The fraction of sp³-hybridized carbons (Fsp3) is 0.357. The molecule has 0 amide bonds. The van der Waals surface area contributed by atoms with Gasteiger partial charge in [-0.25, -0.2) is 4.79 Å². The molecule has 1 atom stereocenters. The van der Waals surface area contributed by atoms with Gasteiger partial charge in [0.1, 0.15) is 28.9 Å². The number of Topliss-reactive ketones (excluding diaryl/α,β-unsaturated/α-hetero) is 1.